The lowest BCUT2D eigenvalue weighted by molar-refractivity contribution is -0.143. The van der Waals surface area contributed by atoms with Crippen molar-refractivity contribution in [3.8, 4) is 5.88 Å². The van der Waals surface area contributed by atoms with Gasteiger partial charge in [0.1, 0.15) is 11.9 Å². The molecular weight excluding hydrogens is 355 g/mol. The maximum atomic E-state index is 13.1. The van der Waals surface area contributed by atoms with Crippen molar-refractivity contribution < 1.29 is 28.2 Å². The Bertz CT molecular complexity index is 806. The van der Waals surface area contributed by atoms with E-state index < -0.39 is 23.7 Å². The van der Waals surface area contributed by atoms with Gasteiger partial charge in [0, 0.05) is 24.2 Å². The monoisotopic (exact) mass is 374 g/mol. The molecule has 1 aliphatic rings. The lowest BCUT2D eigenvalue weighted by Crippen LogP contribution is -2.34. The zero-order valence-electron chi connectivity index (χ0n) is 14.7. The quantitative estimate of drug-likeness (QED) is 0.779. The van der Waals surface area contributed by atoms with Gasteiger partial charge in [0.25, 0.3) is 5.91 Å². The fraction of sp³-hybridized carbons (Fsp3) is 0.316. The largest absolute Gasteiger partial charge is 0.472 e. The number of hydrogen-bond acceptors (Lipinski definition) is 6. The summed E-state index contributed by atoms with van der Waals surface area (Å²) >= 11 is 0. The molecule has 27 heavy (non-hydrogen) atoms. The lowest BCUT2D eigenvalue weighted by Gasteiger charge is -2.17. The van der Waals surface area contributed by atoms with Crippen LogP contribution < -0.4 is 10.1 Å². The number of hydrogen-bond donors (Lipinski definition) is 1. The Morgan fingerprint density at radius 1 is 1.30 bits per heavy atom. The third-order valence-corrected chi connectivity index (χ3v) is 4.09. The molecule has 1 fully saturated rings. The minimum atomic E-state index is -1.07. The number of ether oxygens (including phenoxy) is 3. The van der Waals surface area contributed by atoms with Crippen molar-refractivity contribution in [3.63, 3.8) is 0 Å². The highest BCUT2D eigenvalue weighted by Crippen LogP contribution is 2.19. The number of carbonyl (C=O) groups excluding carboxylic acids is 2. The third-order valence-electron chi connectivity index (χ3n) is 4.09. The number of pyridine rings is 1. The van der Waals surface area contributed by atoms with Crippen LogP contribution in [0.15, 0.2) is 42.6 Å². The summed E-state index contributed by atoms with van der Waals surface area (Å²) < 4.78 is 28.8. The molecule has 2 aromatic rings. The van der Waals surface area contributed by atoms with Gasteiger partial charge < -0.3 is 19.5 Å². The van der Waals surface area contributed by atoms with Crippen LogP contribution in [0.25, 0.3) is 0 Å². The molecule has 0 spiro atoms. The van der Waals surface area contributed by atoms with Crippen molar-refractivity contribution in [2.45, 2.75) is 18.6 Å². The van der Waals surface area contributed by atoms with Gasteiger partial charge in [0.15, 0.2) is 6.04 Å². The van der Waals surface area contributed by atoms with Crippen LogP contribution in [0.3, 0.4) is 0 Å². The Hall–Kier alpha value is -3.00. The van der Waals surface area contributed by atoms with Crippen molar-refractivity contribution in [1.29, 1.82) is 0 Å². The van der Waals surface area contributed by atoms with Crippen LogP contribution in [-0.2, 0) is 14.3 Å². The number of benzene rings is 1. The van der Waals surface area contributed by atoms with E-state index in [1.807, 2.05) is 0 Å². The number of halogens is 1. The second-order valence-electron chi connectivity index (χ2n) is 5.97. The minimum Gasteiger partial charge on any atom is -0.472 e. The Balaban J connectivity index is 1.75. The number of nitrogens with one attached hydrogen (secondary N) is 1. The fourth-order valence-corrected chi connectivity index (χ4v) is 2.66. The third kappa shape index (κ3) is 4.79. The molecule has 2 atom stereocenters. The summed E-state index contributed by atoms with van der Waals surface area (Å²) in [6.45, 7) is 1.11. The predicted molar refractivity (Wildman–Crippen MR) is 92.7 cm³/mol. The molecule has 0 bridgehead atoms. The van der Waals surface area contributed by atoms with Crippen molar-refractivity contribution in [1.82, 2.24) is 10.3 Å². The standard InChI is InChI=1S/C19H19FN2O5/c1-25-19(24)17(12-2-4-14(20)5-3-12)22-18(23)13-6-8-21-16(10-13)27-15-7-9-26-11-15/h2-6,8,10,15,17H,7,9,11H2,1H3,(H,22,23). The molecule has 1 aliphatic heterocycles. The topological polar surface area (TPSA) is 86.8 Å². The predicted octanol–water partition coefficient (Wildman–Crippen LogP) is 2.03. The van der Waals surface area contributed by atoms with E-state index in [2.05, 4.69) is 10.3 Å². The Kier molecular flexibility index (Phi) is 5.97. The lowest BCUT2D eigenvalue weighted by atomic mass is 10.1. The molecule has 142 valence electrons. The van der Waals surface area contributed by atoms with Crippen LogP contribution in [0.1, 0.15) is 28.4 Å². The van der Waals surface area contributed by atoms with Crippen LogP contribution in [-0.4, -0.2) is 43.3 Å². The highest BCUT2D eigenvalue weighted by molar-refractivity contribution is 5.97. The van der Waals surface area contributed by atoms with Gasteiger partial charge in [-0.3, -0.25) is 4.79 Å². The first-order chi connectivity index (χ1) is 13.1. The number of methoxy groups -OCH3 is 1. The molecule has 1 saturated heterocycles. The van der Waals surface area contributed by atoms with Gasteiger partial charge in [-0.05, 0) is 23.8 Å². The number of rotatable bonds is 6. The first-order valence-corrected chi connectivity index (χ1v) is 8.41. The number of carbonyl (C=O) groups is 2. The maximum Gasteiger partial charge on any atom is 0.333 e. The van der Waals surface area contributed by atoms with Crippen LogP contribution in [0.4, 0.5) is 4.39 Å². The molecule has 1 aromatic heterocycles. The smallest absolute Gasteiger partial charge is 0.333 e. The molecule has 7 nitrogen and oxygen atoms in total. The van der Waals surface area contributed by atoms with E-state index in [1.54, 1.807) is 0 Å². The fourth-order valence-electron chi connectivity index (χ4n) is 2.66. The van der Waals surface area contributed by atoms with E-state index in [0.717, 1.165) is 6.42 Å². The van der Waals surface area contributed by atoms with Crippen molar-refractivity contribution in [2.75, 3.05) is 20.3 Å². The van der Waals surface area contributed by atoms with Gasteiger partial charge >= 0.3 is 5.97 Å². The van der Waals surface area contributed by atoms with Gasteiger partial charge in [-0.1, -0.05) is 12.1 Å². The summed E-state index contributed by atoms with van der Waals surface area (Å²) in [6.07, 6.45) is 2.11. The average molecular weight is 374 g/mol. The van der Waals surface area contributed by atoms with Crippen molar-refractivity contribution >= 4 is 11.9 Å². The summed E-state index contributed by atoms with van der Waals surface area (Å²) in [7, 11) is 1.22. The molecule has 0 radical (unpaired) electrons. The summed E-state index contributed by atoms with van der Waals surface area (Å²) in [4.78, 5) is 28.8. The van der Waals surface area contributed by atoms with Gasteiger partial charge in [-0.15, -0.1) is 0 Å². The molecule has 1 N–H and O–H groups in total. The van der Waals surface area contributed by atoms with Crippen molar-refractivity contribution in [3.05, 3.63) is 59.5 Å². The molecule has 3 rings (SSSR count). The van der Waals surface area contributed by atoms with E-state index in [4.69, 9.17) is 14.2 Å². The molecule has 2 unspecified atom stereocenters. The summed E-state index contributed by atoms with van der Waals surface area (Å²) in [5, 5.41) is 2.60. The Morgan fingerprint density at radius 2 is 2.07 bits per heavy atom. The molecule has 1 aromatic carbocycles. The second-order valence-corrected chi connectivity index (χ2v) is 5.97. The van der Waals surface area contributed by atoms with Crippen LogP contribution >= 0.6 is 0 Å². The molecule has 0 saturated carbocycles. The highest BCUT2D eigenvalue weighted by Gasteiger charge is 2.25. The second kappa shape index (κ2) is 8.59. The van der Waals surface area contributed by atoms with E-state index in [1.165, 1.54) is 49.7 Å². The van der Waals surface area contributed by atoms with E-state index in [0.29, 0.717) is 24.7 Å². The van der Waals surface area contributed by atoms with Crippen molar-refractivity contribution in [2.24, 2.45) is 0 Å². The Labute approximate surface area is 155 Å². The van der Waals surface area contributed by atoms with Gasteiger partial charge in [-0.25, -0.2) is 14.2 Å². The zero-order chi connectivity index (χ0) is 19.2. The maximum absolute atomic E-state index is 13.1. The van der Waals surface area contributed by atoms with Crippen LogP contribution in [0, 0.1) is 5.82 Å². The highest BCUT2D eigenvalue weighted by atomic mass is 19.1. The molecule has 0 aliphatic carbocycles. The molecule has 1 amide bonds. The summed E-state index contributed by atoms with van der Waals surface area (Å²) in [6, 6.07) is 7.18. The van der Waals surface area contributed by atoms with Gasteiger partial charge in [0.05, 0.1) is 20.3 Å². The molecular formula is C19H19FN2O5. The average Bonchev–Trinajstić information content (AvgIpc) is 3.19. The SMILES string of the molecule is COC(=O)C(NC(=O)c1ccnc(OC2CCOC2)c1)c1ccc(F)cc1. The summed E-state index contributed by atoms with van der Waals surface area (Å²) in [5.41, 5.74) is 0.681. The van der Waals surface area contributed by atoms with Crippen LogP contribution in [0.2, 0.25) is 0 Å². The minimum absolute atomic E-state index is 0.0992. The summed E-state index contributed by atoms with van der Waals surface area (Å²) in [5.74, 6) is -1.32. The first kappa shape index (κ1) is 18.8. The van der Waals surface area contributed by atoms with Gasteiger partial charge in [0.2, 0.25) is 5.88 Å². The Morgan fingerprint density at radius 3 is 2.74 bits per heavy atom. The number of aromatic nitrogens is 1. The van der Waals surface area contributed by atoms with E-state index in [9.17, 15) is 14.0 Å². The number of nitrogens with zero attached hydrogens (tertiary/aromatic N) is 1. The van der Waals surface area contributed by atoms with E-state index in [-0.39, 0.29) is 11.7 Å². The van der Waals surface area contributed by atoms with Crippen LogP contribution in [0.5, 0.6) is 5.88 Å². The first-order valence-electron chi connectivity index (χ1n) is 8.41. The number of esters is 1. The molecule has 8 heteroatoms. The molecule has 2 heterocycles. The van der Waals surface area contributed by atoms with Gasteiger partial charge in [-0.2, -0.15) is 0 Å². The normalized spacial score (nSPS) is 17.2. The zero-order valence-corrected chi connectivity index (χ0v) is 14.7. The number of amides is 1. The van der Waals surface area contributed by atoms with E-state index >= 15 is 0 Å².